The Balaban J connectivity index is 0.930. The molecule has 384 valence electrons. The molecule has 2 aliphatic rings. The fraction of sp³-hybridized carbons (Fsp3) is 0.0556. The zero-order valence-electron chi connectivity index (χ0n) is 53.8. The Morgan fingerprint density at radius 1 is 0.556 bits per heavy atom. The Morgan fingerprint density at radius 2 is 1.22 bits per heavy atom. The zero-order valence-corrected chi connectivity index (χ0v) is 43.8. The highest BCUT2D eigenvalue weighted by Gasteiger charge is 2.45. The van der Waals surface area contributed by atoms with Gasteiger partial charge in [0, 0.05) is 28.5 Å². The SMILES string of the molecule is [2H]c1c([2H])c([2H])c(-c2cccc(-c3c([2H])c([2H])c([2H])c([2H])c3[2H])c2-[n+]2[c-]n(-c3cccc(Oc4ccc5c6ccccc6n(-c6cc(C(C)(C)C)ccn6)c5c4)c3)c3ccc(-c4cccc5c4B4c6oc7ccccc7c6Oc6cccc(c64)O5)cc32)c([2H])c1[2H]. The highest BCUT2D eigenvalue weighted by molar-refractivity contribution is 6.98. The molecule has 9 heteroatoms. The van der Waals surface area contributed by atoms with Gasteiger partial charge in [0.15, 0.2) is 5.75 Å². The summed E-state index contributed by atoms with van der Waals surface area (Å²) in [5.41, 5.74) is 8.83. The van der Waals surface area contributed by atoms with Crippen molar-refractivity contribution in [3.63, 3.8) is 0 Å². The number of nitrogens with zero attached hydrogens (tertiary/aromatic N) is 4. The monoisotopic (exact) mass is 1050 g/mol. The lowest BCUT2D eigenvalue weighted by Crippen LogP contribution is -2.57. The van der Waals surface area contributed by atoms with Crippen molar-refractivity contribution in [3.8, 4) is 85.1 Å². The summed E-state index contributed by atoms with van der Waals surface area (Å²) in [5.74, 6) is 4.25. The van der Waals surface area contributed by atoms with E-state index < -0.39 is 67.1 Å². The van der Waals surface area contributed by atoms with Gasteiger partial charge in [-0.3, -0.25) is 13.7 Å². The van der Waals surface area contributed by atoms with Crippen molar-refractivity contribution in [2.75, 3.05) is 0 Å². The molecule has 0 aliphatic carbocycles. The Morgan fingerprint density at radius 3 is 2.01 bits per heavy atom. The van der Waals surface area contributed by atoms with E-state index >= 15 is 0 Å². The Labute approximate surface area is 482 Å². The van der Waals surface area contributed by atoms with Crippen LogP contribution in [-0.4, -0.2) is 20.8 Å². The van der Waals surface area contributed by atoms with Crippen molar-refractivity contribution < 1.29 is 36.9 Å². The van der Waals surface area contributed by atoms with E-state index in [9.17, 15) is 5.48 Å². The van der Waals surface area contributed by atoms with Gasteiger partial charge in [-0.2, -0.15) is 0 Å². The van der Waals surface area contributed by atoms with Gasteiger partial charge in [0.05, 0.1) is 52.5 Å². The number of fused-ring (bicyclic) bond motifs is 10. The first kappa shape index (κ1) is 37.4. The van der Waals surface area contributed by atoms with Crippen LogP contribution >= 0.6 is 0 Å². The predicted octanol–water partition coefficient (Wildman–Crippen LogP) is 15.8. The normalized spacial score (nSPS) is 14.3. The van der Waals surface area contributed by atoms with E-state index in [1.54, 1.807) is 22.8 Å². The van der Waals surface area contributed by atoms with Crippen LogP contribution in [0, 0.1) is 6.33 Å². The minimum Gasteiger partial charge on any atom is -0.466 e. The summed E-state index contributed by atoms with van der Waals surface area (Å²) in [7, 11) is 0. The van der Waals surface area contributed by atoms with E-state index in [4.69, 9.17) is 31.8 Å². The number of aromatic nitrogens is 4. The molecule has 0 bridgehead atoms. The molecule has 14 aromatic rings. The van der Waals surface area contributed by atoms with Gasteiger partial charge in [-0.15, -0.1) is 0 Å². The topological polar surface area (TPSA) is 67.5 Å². The second-order valence-electron chi connectivity index (χ2n) is 21.3. The fourth-order valence-corrected chi connectivity index (χ4v) is 11.8. The Bertz CT molecular complexity index is 5360. The first-order chi connectivity index (χ1) is 43.9. The highest BCUT2D eigenvalue weighted by Crippen LogP contribution is 2.42. The lowest BCUT2D eigenvalue weighted by Gasteiger charge is -2.31. The number of furan rings is 1. The van der Waals surface area contributed by atoms with E-state index in [0.29, 0.717) is 68.0 Å². The maximum atomic E-state index is 9.39. The second-order valence-corrected chi connectivity index (χ2v) is 21.3. The van der Waals surface area contributed by atoms with Crippen LogP contribution in [0.5, 0.6) is 34.5 Å². The molecule has 6 heterocycles. The van der Waals surface area contributed by atoms with Gasteiger partial charge in [0.2, 0.25) is 0 Å². The number of para-hydroxylation sites is 3. The van der Waals surface area contributed by atoms with Gasteiger partial charge in [0.25, 0.3) is 6.33 Å². The van der Waals surface area contributed by atoms with Crippen molar-refractivity contribution in [2.45, 2.75) is 26.2 Å². The molecular weight excluding hydrogens is 996 g/mol. The van der Waals surface area contributed by atoms with E-state index in [-0.39, 0.29) is 33.4 Å². The molecule has 16 rings (SSSR count). The summed E-state index contributed by atoms with van der Waals surface area (Å²) in [6.45, 7) is 6.04. The molecule has 0 unspecified atom stereocenters. The average molecular weight is 1060 g/mol. The summed E-state index contributed by atoms with van der Waals surface area (Å²) in [4.78, 5) is 4.88. The summed E-state index contributed by atoms with van der Waals surface area (Å²) < 4.78 is 123. The summed E-state index contributed by atoms with van der Waals surface area (Å²) in [5, 5.41) is 2.90. The van der Waals surface area contributed by atoms with E-state index in [1.807, 2.05) is 144 Å². The molecule has 0 spiro atoms. The average Bonchev–Trinajstić information content (AvgIpc) is 1.73. The number of pyridine rings is 1. The molecule has 0 radical (unpaired) electrons. The van der Waals surface area contributed by atoms with E-state index in [1.165, 1.54) is 0 Å². The fourth-order valence-electron chi connectivity index (χ4n) is 11.8. The maximum absolute atomic E-state index is 9.39. The molecule has 0 N–H and O–H groups in total. The number of benzene rings is 10. The summed E-state index contributed by atoms with van der Waals surface area (Å²) in [6, 6.07) is 50.4. The lowest BCUT2D eigenvalue weighted by atomic mass is 9.36. The lowest BCUT2D eigenvalue weighted by molar-refractivity contribution is -0.571. The van der Waals surface area contributed by atoms with Crippen LogP contribution in [-0.2, 0) is 5.41 Å². The van der Waals surface area contributed by atoms with Crippen molar-refractivity contribution in [1.82, 2.24) is 14.1 Å². The van der Waals surface area contributed by atoms with Gasteiger partial charge in [-0.05, 0) is 135 Å². The van der Waals surface area contributed by atoms with Gasteiger partial charge >= 0.3 is 6.71 Å². The number of rotatable bonds is 8. The molecule has 81 heavy (non-hydrogen) atoms. The highest BCUT2D eigenvalue weighted by atomic mass is 16.5. The smallest absolute Gasteiger partial charge is 0.306 e. The molecule has 0 fully saturated rings. The van der Waals surface area contributed by atoms with Gasteiger partial charge in [-0.1, -0.05) is 166 Å². The van der Waals surface area contributed by atoms with Crippen LogP contribution < -0.4 is 35.4 Å². The number of ether oxygens (including phenoxy) is 3. The van der Waals surface area contributed by atoms with Crippen molar-refractivity contribution in [2.24, 2.45) is 0 Å². The molecule has 0 amide bonds. The minimum atomic E-state index is -0.598. The molecule has 8 nitrogen and oxygen atoms in total. The van der Waals surface area contributed by atoms with E-state index in [0.717, 1.165) is 55.1 Å². The standard InChI is InChI=1S/C72H49BN4O4/c1-72(2,3)48-38-39-74-66(41-48)77-58-29-12-10-24-55(58)56-36-35-51(43-60(56)77)78-50-23-14-22-49(42-50)75-44-76(69-53(45-18-6-4-7-19-45)27-15-28-54(69)46-20-8-5-9-21-46)61-40-47(34-37-59(61)75)52-26-16-31-63-67(52)73-68-64(79-63)32-17-33-65(68)80-70-57-25-11-13-30-62(57)81-71(70)73/h4-43H,1-3H3/i4D,5D,6D,7D,8D,9D,18D,19D,20D,21D. The number of imidazole rings is 1. The number of hydrogen-bond acceptors (Lipinski definition) is 5. The van der Waals surface area contributed by atoms with Crippen LogP contribution in [0.25, 0.3) is 94.4 Å². The second kappa shape index (κ2) is 18.1. The third-order valence-corrected chi connectivity index (χ3v) is 15.5. The molecule has 0 atom stereocenters. The van der Waals surface area contributed by atoms with Crippen LogP contribution in [0.2, 0.25) is 0 Å². The van der Waals surface area contributed by atoms with E-state index in [2.05, 4.69) is 55.9 Å². The zero-order chi connectivity index (χ0) is 62.6. The van der Waals surface area contributed by atoms with Crippen LogP contribution in [0.15, 0.2) is 247 Å². The molecule has 4 aromatic heterocycles. The Kier molecular flexibility index (Phi) is 8.36. The molecular formula is C72H49BN4O4. The molecule has 10 aromatic carbocycles. The third-order valence-electron chi connectivity index (χ3n) is 15.5. The first-order valence-electron chi connectivity index (χ1n) is 31.6. The van der Waals surface area contributed by atoms with Crippen LogP contribution in [0.1, 0.15) is 40.0 Å². The van der Waals surface area contributed by atoms with Crippen molar-refractivity contribution in [1.29, 1.82) is 0 Å². The van der Waals surface area contributed by atoms with Crippen LogP contribution in [0.4, 0.5) is 0 Å². The molecule has 0 saturated heterocycles. The van der Waals surface area contributed by atoms with Gasteiger partial charge in [-0.25, -0.2) is 4.98 Å². The minimum absolute atomic E-state index is 0.103. The summed E-state index contributed by atoms with van der Waals surface area (Å²) in [6.07, 6.45) is 5.44. The summed E-state index contributed by atoms with van der Waals surface area (Å²) >= 11 is 0. The quantitative estimate of drug-likeness (QED) is 0.0862. The third kappa shape index (κ3) is 7.53. The number of hydrogen-bond donors (Lipinski definition) is 0. The Hall–Kier alpha value is -10.4. The first-order valence-corrected chi connectivity index (χ1v) is 26.6. The predicted molar refractivity (Wildman–Crippen MR) is 325 cm³/mol. The maximum Gasteiger partial charge on any atom is 0.306 e. The van der Waals surface area contributed by atoms with Crippen molar-refractivity contribution in [3.05, 3.63) is 254 Å². The van der Waals surface area contributed by atoms with Gasteiger partial charge in [0.1, 0.15) is 45.8 Å². The molecule has 2 aliphatic heterocycles. The van der Waals surface area contributed by atoms with Crippen molar-refractivity contribution >= 4 is 67.1 Å². The van der Waals surface area contributed by atoms with Gasteiger partial charge < -0.3 is 18.6 Å². The largest absolute Gasteiger partial charge is 0.466 e. The molecule has 0 saturated carbocycles. The van der Waals surface area contributed by atoms with Crippen LogP contribution in [0.3, 0.4) is 0 Å².